The topological polar surface area (TPSA) is 125 Å². The lowest BCUT2D eigenvalue weighted by Gasteiger charge is -2.29. The maximum atomic E-state index is 13.4. The van der Waals surface area contributed by atoms with Crippen molar-refractivity contribution in [2.45, 2.75) is 64.1 Å². The second-order valence-corrected chi connectivity index (χ2v) is 9.24. The molecule has 0 saturated carbocycles. The summed E-state index contributed by atoms with van der Waals surface area (Å²) in [5.41, 5.74) is 6.40. The predicted molar refractivity (Wildman–Crippen MR) is 136 cm³/mol. The highest BCUT2D eigenvalue weighted by molar-refractivity contribution is 5.93. The number of hydrogen-bond donors (Lipinski definition) is 4. The van der Waals surface area contributed by atoms with Gasteiger partial charge in [0.05, 0.1) is 6.10 Å². The number of rotatable bonds is 11. The molecule has 8 heteroatoms. The van der Waals surface area contributed by atoms with E-state index in [1.807, 2.05) is 56.3 Å². The molecule has 2 aromatic rings. The molecule has 3 unspecified atom stereocenters. The molecule has 1 heterocycles. The molecule has 1 fully saturated rings. The molecule has 5 N–H and O–H groups in total. The van der Waals surface area contributed by atoms with Crippen LogP contribution in [0, 0.1) is 5.92 Å². The molecule has 190 valence electrons. The van der Waals surface area contributed by atoms with Crippen LogP contribution in [0.25, 0.3) is 10.8 Å². The molecule has 3 atom stereocenters. The smallest absolute Gasteiger partial charge is 0.243 e. The maximum absolute atomic E-state index is 13.4. The molecule has 0 bridgehead atoms. The summed E-state index contributed by atoms with van der Waals surface area (Å²) < 4.78 is 0. The van der Waals surface area contributed by atoms with E-state index < -0.39 is 24.1 Å². The zero-order chi connectivity index (χ0) is 25.4. The van der Waals surface area contributed by atoms with Gasteiger partial charge in [-0.05, 0) is 42.0 Å². The molecule has 0 aromatic heterocycles. The van der Waals surface area contributed by atoms with Gasteiger partial charge in [0.2, 0.25) is 17.7 Å². The number of fused-ring (bicyclic) bond motifs is 1. The lowest BCUT2D eigenvalue weighted by Crippen LogP contribution is -2.55. The van der Waals surface area contributed by atoms with Crippen molar-refractivity contribution in [2.24, 2.45) is 11.7 Å². The van der Waals surface area contributed by atoms with Gasteiger partial charge in [-0.3, -0.25) is 14.4 Å². The van der Waals surface area contributed by atoms with Crippen LogP contribution in [0.2, 0.25) is 0 Å². The molecular formula is C27H38N4O4. The molecule has 0 radical (unpaired) electrons. The van der Waals surface area contributed by atoms with Crippen molar-refractivity contribution in [1.82, 2.24) is 15.5 Å². The van der Waals surface area contributed by atoms with Gasteiger partial charge in [-0.1, -0.05) is 56.3 Å². The van der Waals surface area contributed by atoms with Crippen LogP contribution in [-0.4, -0.2) is 65.5 Å². The van der Waals surface area contributed by atoms with E-state index in [9.17, 15) is 19.5 Å². The van der Waals surface area contributed by atoms with Gasteiger partial charge in [0.15, 0.2) is 0 Å². The zero-order valence-electron chi connectivity index (χ0n) is 20.7. The Morgan fingerprint density at radius 3 is 2.54 bits per heavy atom. The Morgan fingerprint density at radius 1 is 1.11 bits per heavy atom. The number of nitrogens with one attached hydrogen (secondary N) is 2. The van der Waals surface area contributed by atoms with Gasteiger partial charge < -0.3 is 26.4 Å². The van der Waals surface area contributed by atoms with Gasteiger partial charge in [0.1, 0.15) is 12.1 Å². The molecule has 3 amide bonds. The summed E-state index contributed by atoms with van der Waals surface area (Å²) in [4.78, 5) is 41.2. The summed E-state index contributed by atoms with van der Waals surface area (Å²) in [7, 11) is 0. The molecule has 8 nitrogen and oxygen atoms in total. The SMILES string of the molecule is CCC(CC)C(=O)N1CCCC1C(=O)NC(Cc1cccc2ccccc12)C(=O)NCC(O)CN. The highest BCUT2D eigenvalue weighted by Crippen LogP contribution is 2.24. The molecule has 1 aliphatic rings. The fourth-order valence-corrected chi connectivity index (χ4v) is 4.77. The van der Waals surface area contributed by atoms with E-state index in [1.54, 1.807) is 4.90 Å². The highest BCUT2D eigenvalue weighted by Gasteiger charge is 2.37. The lowest BCUT2D eigenvalue weighted by molar-refractivity contribution is -0.142. The number of carbonyl (C=O) groups excluding carboxylic acids is 3. The van der Waals surface area contributed by atoms with Gasteiger partial charge in [-0.15, -0.1) is 0 Å². The fraction of sp³-hybridized carbons (Fsp3) is 0.519. The van der Waals surface area contributed by atoms with Gasteiger partial charge in [0.25, 0.3) is 0 Å². The second kappa shape index (κ2) is 12.7. The molecule has 3 rings (SSSR count). The number of amides is 3. The minimum Gasteiger partial charge on any atom is -0.390 e. The minimum absolute atomic E-state index is 0.0000390. The number of nitrogens with zero attached hydrogens (tertiary/aromatic N) is 1. The van der Waals surface area contributed by atoms with E-state index in [0.717, 1.165) is 35.6 Å². The van der Waals surface area contributed by atoms with Gasteiger partial charge in [0, 0.05) is 32.0 Å². The van der Waals surface area contributed by atoms with Crippen LogP contribution in [-0.2, 0) is 20.8 Å². The van der Waals surface area contributed by atoms with Crippen molar-refractivity contribution < 1.29 is 19.5 Å². The third kappa shape index (κ3) is 6.58. The van der Waals surface area contributed by atoms with E-state index in [1.165, 1.54) is 0 Å². The predicted octanol–water partition coefficient (Wildman–Crippen LogP) is 1.73. The number of aliphatic hydroxyl groups is 1. The zero-order valence-corrected chi connectivity index (χ0v) is 20.7. The summed E-state index contributed by atoms with van der Waals surface area (Å²) in [5, 5.41) is 17.5. The van der Waals surface area contributed by atoms with Crippen LogP contribution in [0.15, 0.2) is 42.5 Å². The third-order valence-electron chi connectivity index (χ3n) is 6.89. The van der Waals surface area contributed by atoms with Crippen LogP contribution in [0.4, 0.5) is 0 Å². The number of aliphatic hydroxyl groups excluding tert-OH is 1. The van der Waals surface area contributed by atoms with Gasteiger partial charge in [-0.2, -0.15) is 0 Å². The minimum atomic E-state index is -0.865. The number of benzene rings is 2. The monoisotopic (exact) mass is 482 g/mol. The number of likely N-dealkylation sites (tertiary alicyclic amines) is 1. The van der Waals surface area contributed by atoms with Crippen LogP contribution < -0.4 is 16.4 Å². The average Bonchev–Trinajstić information content (AvgIpc) is 3.37. The summed E-state index contributed by atoms with van der Waals surface area (Å²) in [6, 6.07) is 12.3. The van der Waals surface area contributed by atoms with E-state index >= 15 is 0 Å². The summed E-state index contributed by atoms with van der Waals surface area (Å²) in [6.45, 7) is 4.54. The van der Waals surface area contributed by atoms with Gasteiger partial charge in [-0.25, -0.2) is 0 Å². The van der Waals surface area contributed by atoms with Crippen LogP contribution in [0.1, 0.15) is 45.1 Å². The maximum Gasteiger partial charge on any atom is 0.243 e. The first-order chi connectivity index (χ1) is 16.9. The molecule has 35 heavy (non-hydrogen) atoms. The fourth-order valence-electron chi connectivity index (χ4n) is 4.77. The van der Waals surface area contributed by atoms with Crippen molar-refractivity contribution in [3.63, 3.8) is 0 Å². The molecule has 0 spiro atoms. The quantitative estimate of drug-likeness (QED) is 0.388. The molecule has 1 saturated heterocycles. The van der Waals surface area contributed by atoms with E-state index in [4.69, 9.17) is 5.73 Å². The van der Waals surface area contributed by atoms with Crippen LogP contribution in [0.5, 0.6) is 0 Å². The Labute approximate surface area is 207 Å². The standard InChI is InChI=1S/C27H38N4O4/c1-3-18(4-2)27(35)31-14-8-13-24(31)26(34)30-23(25(33)29-17-21(32)16-28)15-20-11-7-10-19-9-5-6-12-22(19)20/h5-7,9-12,18,21,23-24,32H,3-4,8,13-17,28H2,1-2H3,(H,29,33)(H,30,34). The lowest BCUT2D eigenvalue weighted by atomic mass is 9.98. The highest BCUT2D eigenvalue weighted by atomic mass is 16.3. The summed E-state index contributed by atoms with van der Waals surface area (Å²) >= 11 is 0. The van der Waals surface area contributed by atoms with E-state index in [0.29, 0.717) is 13.0 Å². The first-order valence-electron chi connectivity index (χ1n) is 12.6. The van der Waals surface area contributed by atoms with Crippen molar-refractivity contribution in [3.05, 3.63) is 48.0 Å². The van der Waals surface area contributed by atoms with Gasteiger partial charge >= 0.3 is 0 Å². The van der Waals surface area contributed by atoms with E-state index in [2.05, 4.69) is 10.6 Å². The number of hydrogen-bond acceptors (Lipinski definition) is 5. The van der Waals surface area contributed by atoms with Crippen molar-refractivity contribution in [3.8, 4) is 0 Å². The Hall–Kier alpha value is -2.97. The largest absolute Gasteiger partial charge is 0.390 e. The summed E-state index contributed by atoms with van der Waals surface area (Å²) in [6.07, 6.45) is 2.21. The molecule has 2 aromatic carbocycles. The molecule has 1 aliphatic heterocycles. The Morgan fingerprint density at radius 2 is 1.83 bits per heavy atom. The van der Waals surface area contributed by atoms with Crippen LogP contribution >= 0.6 is 0 Å². The normalized spacial score (nSPS) is 17.4. The number of nitrogens with two attached hydrogens (primary N) is 1. The Bertz CT molecular complexity index is 1020. The van der Waals surface area contributed by atoms with Crippen molar-refractivity contribution >= 4 is 28.5 Å². The van der Waals surface area contributed by atoms with Crippen LogP contribution in [0.3, 0.4) is 0 Å². The van der Waals surface area contributed by atoms with E-state index in [-0.39, 0.29) is 37.2 Å². The molecule has 0 aliphatic carbocycles. The summed E-state index contributed by atoms with van der Waals surface area (Å²) in [5.74, 6) is -0.805. The van der Waals surface area contributed by atoms with Crippen molar-refractivity contribution in [1.29, 1.82) is 0 Å². The first kappa shape index (κ1) is 26.6. The Balaban J connectivity index is 1.81. The second-order valence-electron chi connectivity index (χ2n) is 9.24. The number of carbonyl (C=O) groups is 3. The molecular weight excluding hydrogens is 444 g/mol. The third-order valence-corrected chi connectivity index (χ3v) is 6.89. The average molecular weight is 483 g/mol. The van der Waals surface area contributed by atoms with Crippen molar-refractivity contribution in [2.75, 3.05) is 19.6 Å². The first-order valence-corrected chi connectivity index (χ1v) is 12.6. The Kier molecular flexibility index (Phi) is 9.63.